The van der Waals surface area contributed by atoms with Crippen LogP contribution in [0.25, 0.3) is 5.52 Å². The number of aromatic nitrogens is 3. The highest BCUT2D eigenvalue weighted by Crippen LogP contribution is 2.23. The van der Waals surface area contributed by atoms with Crippen LogP contribution in [0.5, 0.6) is 0 Å². The van der Waals surface area contributed by atoms with Crippen molar-refractivity contribution in [3.8, 4) is 0 Å². The summed E-state index contributed by atoms with van der Waals surface area (Å²) >= 11 is 0. The Morgan fingerprint density at radius 3 is 2.78 bits per heavy atom. The van der Waals surface area contributed by atoms with Crippen molar-refractivity contribution >= 4 is 11.3 Å². The lowest BCUT2D eigenvalue weighted by Crippen LogP contribution is -2.37. The molecule has 0 aliphatic carbocycles. The summed E-state index contributed by atoms with van der Waals surface area (Å²) in [7, 11) is 0. The fourth-order valence-electron chi connectivity index (χ4n) is 1.68. The molecule has 2 aromatic rings. The van der Waals surface area contributed by atoms with Crippen LogP contribution >= 0.6 is 0 Å². The molecule has 18 heavy (non-hydrogen) atoms. The van der Waals surface area contributed by atoms with Crippen molar-refractivity contribution in [1.82, 2.24) is 14.6 Å². The monoisotopic (exact) mass is 260 g/mol. The quantitative estimate of drug-likeness (QED) is 0.894. The molecule has 0 fully saturated rings. The van der Waals surface area contributed by atoms with E-state index < -0.39 is 12.7 Å². The van der Waals surface area contributed by atoms with Crippen LogP contribution in [0.4, 0.5) is 19.0 Å². The zero-order valence-corrected chi connectivity index (χ0v) is 9.30. The van der Waals surface area contributed by atoms with Gasteiger partial charge in [0.2, 0.25) is 0 Å². The lowest BCUT2D eigenvalue weighted by atomic mass is 10.4. The lowest BCUT2D eigenvalue weighted by Gasteiger charge is -2.24. The molecule has 0 aliphatic rings. The summed E-state index contributed by atoms with van der Waals surface area (Å²) in [6.07, 6.45) is 0.0363. The van der Waals surface area contributed by atoms with Crippen LogP contribution in [0.1, 0.15) is 0 Å². The second kappa shape index (κ2) is 4.81. The predicted octanol–water partition coefficient (Wildman–Crippen LogP) is 1.09. The van der Waals surface area contributed by atoms with E-state index in [1.807, 2.05) is 0 Å². The van der Waals surface area contributed by atoms with E-state index in [9.17, 15) is 13.2 Å². The van der Waals surface area contributed by atoms with Gasteiger partial charge in [0.1, 0.15) is 12.1 Å². The summed E-state index contributed by atoms with van der Waals surface area (Å²) in [5, 5.41) is 12.8. The molecule has 2 rings (SSSR count). The Bertz CT molecular complexity index is 525. The zero-order valence-electron chi connectivity index (χ0n) is 9.30. The van der Waals surface area contributed by atoms with Crippen LogP contribution in [0, 0.1) is 0 Å². The Labute approximate surface area is 100 Å². The number of nitrogens with zero attached hydrogens (tertiary/aromatic N) is 4. The minimum absolute atomic E-state index is 0.142. The summed E-state index contributed by atoms with van der Waals surface area (Å²) in [5.74, 6) is 0.154. The number of rotatable bonds is 4. The van der Waals surface area contributed by atoms with Crippen molar-refractivity contribution in [3.63, 3.8) is 0 Å². The van der Waals surface area contributed by atoms with Gasteiger partial charge in [-0.25, -0.2) is 9.50 Å². The van der Waals surface area contributed by atoms with Gasteiger partial charge in [-0.1, -0.05) is 0 Å². The molecule has 0 amide bonds. The second-order valence-corrected chi connectivity index (χ2v) is 3.67. The molecule has 0 radical (unpaired) electrons. The summed E-state index contributed by atoms with van der Waals surface area (Å²) < 4.78 is 38.8. The summed E-state index contributed by atoms with van der Waals surface area (Å²) in [6, 6.07) is 1.57. The number of alkyl halides is 3. The minimum Gasteiger partial charge on any atom is -0.395 e. The van der Waals surface area contributed by atoms with Gasteiger partial charge in [0.05, 0.1) is 12.8 Å². The van der Waals surface area contributed by atoms with Gasteiger partial charge in [-0.05, 0) is 6.07 Å². The normalized spacial score (nSPS) is 12.0. The van der Waals surface area contributed by atoms with Gasteiger partial charge in [-0.15, -0.1) is 0 Å². The van der Waals surface area contributed by atoms with Gasteiger partial charge in [0, 0.05) is 18.9 Å². The molecule has 0 unspecified atom stereocenters. The van der Waals surface area contributed by atoms with Crippen LogP contribution in [0.15, 0.2) is 24.7 Å². The Kier molecular flexibility index (Phi) is 3.37. The topological polar surface area (TPSA) is 53.7 Å². The maximum atomic E-state index is 12.5. The third-order valence-electron chi connectivity index (χ3n) is 2.34. The van der Waals surface area contributed by atoms with E-state index in [0.29, 0.717) is 5.52 Å². The lowest BCUT2D eigenvalue weighted by molar-refractivity contribution is -0.119. The molecular formula is C10H11F3N4O. The van der Waals surface area contributed by atoms with Crippen LogP contribution < -0.4 is 4.90 Å². The number of aliphatic hydroxyl groups excluding tert-OH is 1. The van der Waals surface area contributed by atoms with Gasteiger partial charge >= 0.3 is 6.18 Å². The van der Waals surface area contributed by atoms with Crippen LogP contribution in [0.2, 0.25) is 0 Å². The van der Waals surface area contributed by atoms with E-state index in [4.69, 9.17) is 5.11 Å². The first-order chi connectivity index (χ1) is 8.51. The average Bonchev–Trinajstić information content (AvgIpc) is 2.74. The number of halogens is 3. The Hall–Kier alpha value is -1.83. The first-order valence-electron chi connectivity index (χ1n) is 5.22. The van der Waals surface area contributed by atoms with Crippen molar-refractivity contribution in [2.24, 2.45) is 0 Å². The van der Waals surface area contributed by atoms with Gasteiger partial charge in [-0.2, -0.15) is 18.3 Å². The summed E-state index contributed by atoms with van der Waals surface area (Å²) in [4.78, 5) is 4.92. The molecule has 5 nitrogen and oxygen atoms in total. The van der Waals surface area contributed by atoms with E-state index in [1.54, 1.807) is 12.3 Å². The van der Waals surface area contributed by atoms with E-state index in [0.717, 1.165) is 4.90 Å². The minimum atomic E-state index is -4.36. The van der Waals surface area contributed by atoms with Crippen molar-refractivity contribution < 1.29 is 18.3 Å². The molecule has 0 saturated carbocycles. The Balaban J connectivity index is 2.38. The van der Waals surface area contributed by atoms with Gasteiger partial charge in [0.25, 0.3) is 0 Å². The second-order valence-electron chi connectivity index (χ2n) is 3.67. The molecule has 0 saturated heterocycles. The molecular weight excluding hydrogens is 249 g/mol. The molecule has 0 atom stereocenters. The van der Waals surface area contributed by atoms with Crippen molar-refractivity contribution in [2.75, 3.05) is 24.6 Å². The standard InChI is InChI=1S/C10H11F3N4O/c11-10(12,13)7-16(5-6-18)9-8-1-2-15-17(8)4-3-14-9/h1-4,18H,5-7H2. The highest BCUT2D eigenvalue weighted by Gasteiger charge is 2.31. The maximum absolute atomic E-state index is 12.5. The number of anilines is 1. The first-order valence-corrected chi connectivity index (χ1v) is 5.22. The molecule has 1 N–H and O–H groups in total. The van der Waals surface area contributed by atoms with Crippen LogP contribution in [0.3, 0.4) is 0 Å². The van der Waals surface area contributed by atoms with E-state index >= 15 is 0 Å². The SMILES string of the molecule is OCCN(CC(F)(F)F)c1nccn2nccc12. The third kappa shape index (κ3) is 2.70. The molecule has 8 heteroatoms. The highest BCUT2D eigenvalue weighted by atomic mass is 19.4. The molecule has 2 aromatic heterocycles. The fourth-order valence-corrected chi connectivity index (χ4v) is 1.68. The smallest absolute Gasteiger partial charge is 0.395 e. The molecule has 98 valence electrons. The molecule has 0 aliphatic heterocycles. The van der Waals surface area contributed by atoms with Crippen molar-refractivity contribution in [1.29, 1.82) is 0 Å². The third-order valence-corrected chi connectivity index (χ3v) is 2.34. The number of aliphatic hydroxyl groups is 1. The summed E-state index contributed by atoms with van der Waals surface area (Å²) in [6.45, 7) is -1.68. The van der Waals surface area contributed by atoms with Gasteiger partial charge < -0.3 is 10.0 Å². The summed E-state index contributed by atoms with van der Waals surface area (Å²) in [5.41, 5.74) is 0.468. The first kappa shape index (κ1) is 12.6. The fraction of sp³-hybridized carbons (Fsp3) is 0.400. The number of hydrogen-bond acceptors (Lipinski definition) is 4. The van der Waals surface area contributed by atoms with Crippen molar-refractivity contribution in [2.45, 2.75) is 6.18 Å². The predicted molar refractivity (Wildman–Crippen MR) is 58.3 cm³/mol. The van der Waals surface area contributed by atoms with Gasteiger partial charge in [-0.3, -0.25) is 0 Å². The molecule has 0 aromatic carbocycles. The molecule has 0 bridgehead atoms. The number of hydrogen-bond donors (Lipinski definition) is 1. The zero-order chi connectivity index (χ0) is 13.2. The number of fused-ring (bicyclic) bond motifs is 1. The maximum Gasteiger partial charge on any atom is 0.405 e. The van der Waals surface area contributed by atoms with E-state index in [1.165, 1.54) is 16.9 Å². The van der Waals surface area contributed by atoms with Crippen molar-refractivity contribution in [3.05, 3.63) is 24.7 Å². The Morgan fingerprint density at radius 1 is 1.33 bits per heavy atom. The van der Waals surface area contributed by atoms with E-state index in [-0.39, 0.29) is 19.0 Å². The molecule has 0 spiro atoms. The highest BCUT2D eigenvalue weighted by molar-refractivity contribution is 5.68. The average molecular weight is 260 g/mol. The van der Waals surface area contributed by atoms with E-state index in [2.05, 4.69) is 10.1 Å². The van der Waals surface area contributed by atoms with Crippen LogP contribution in [-0.4, -0.2) is 45.6 Å². The van der Waals surface area contributed by atoms with Gasteiger partial charge in [0.15, 0.2) is 5.82 Å². The van der Waals surface area contributed by atoms with Crippen LogP contribution in [-0.2, 0) is 0 Å². The Morgan fingerprint density at radius 2 is 2.11 bits per heavy atom. The largest absolute Gasteiger partial charge is 0.405 e. The molecule has 2 heterocycles.